The number of aromatic nitrogens is 3. The molecule has 10 heteroatoms. The maximum atomic E-state index is 9.86. The Labute approximate surface area is 250 Å². The summed E-state index contributed by atoms with van der Waals surface area (Å²) in [6.45, 7) is 5.69. The first-order valence-corrected chi connectivity index (χ1v) is 14.8. The van der Waals surface area contributed by atoms with E-state index in [2.05, 4.69) is 50.4 Å². The number of halogens is 1. The Bertz CT molecular complexity index is 1590. The van der Waals surface area contributed by atoms with Crippen molar-refractivity contribution in [1.82, 2.24) is 24.3 Å². The second-order valence-electron chi connectivity index (χ2n) is 10.2. The lowest BCUT2D eigenvalue weighted by atomic mass is 10.0. The highest BCUT2D eigenvalue weighted by molar-refractivity contribution is 7.99. The molecular weight excluding hydrogens is 554 g/mol. The van der Waals surface area contributed by atoms with Gasteiger partial charge in [-0.1, -0.05) is 35.5 Å². The summed E-state index contributed by atoms with van der Waals surface area (Å²) in [4.78, 5) is 14.8. The van der Waals surface area contributed by atoms with Gasteiger partial charge in [-0.2, -0.15) is 5.26 Å². The van der Waals surface area contributed by atoms with Gasteiger partial charge < -0.3 is 24.4 Å². The summed E-state index contributed by atoms with van der Waals surface area (Å²) in [6.07, 6.45) is 11.7. The number of nitrogens with one attached hydrogen (secondary N) is 1. The van der Waals surface area contributed by atoms with Gasteiger partial charge in [-0.15, -0.1) is 0 Å². The highest BCUT2D eigenvalue weighted by Crippen LogP contribution is 2.37. The molecule has 0 amide bonds. The summed E-state index contributed by atoms with van der Waals surface area (Å²) in [7, 11) is 5.80. The molecule has 0 aliphatic carbocycles. The van der Waals surface area contributed by atoms with Crippen molar-refractivity contribution in [2.75, 3.05) is 52.2 Å². The number of hydrogen-bond acceptors (Lipinski definition) is 8. The first-order valence-electron chi connectivity index (χ1n) is 13.6. The van der Waals surface area contributed by atoms with E-state index < -0.39 is 0 Å². The number of unbranched alkanes of at least 4 members (excludes halogenated alkanes) is 1. The van der Waals surface area contributed by atoms with Crippen LogP contribution in [0.25, 0.3) is 17.0 Å². The molecule has 0 radical (unpaired) electrons. The highest BCUT2D eigenvalue weighted by atomic mass is 35.5. The Hall–Kier alpha value is -3.55. The van der Waals surface area contributed by atoms with Crippen molar-refractivity contribution in [2.45, 2.75) is 22.9 Å². The van der Waals surface area contributed by atoms with Gasteiger partial charge in [0.25, 0.3) is 0 Å². The van der Waals surface area contributed by atoms with Crippen molar-refractivity contribution >= 4 is 51.7 Å². The molecule has 1 N–H and O–H groups in total. The molecular formula is C31H34ClN7OS. The summed E-state index contributed by atoms with van der Waals surface area (Å²) >= 11 is 8.14. The molecule has 8 nitrogen and oxygen atoms in total. The number of piperazine rings is 1. The monoisotopic (exact) mass is 587 g/mol. The largest absolute Gasteiger partial charge is 0.496 e. The standard InChI is InChI=1S/C31H34ClN7OS/c1-37-13-15-39(16-14-37)11-6-4-5-7-22-17-27-25(19-28(22)40-3)30(23(20-33)21-35-27)36-24-8-9-29(26(32)18-24)41-31-34-10-12-38(31)2/h5,7-10,12,17-19,21H,4,6,11,13-16H2,1-3H3,(H,35,36). The van der Waals surface area contributed by atoms with Crippen LogP contribution in [0.1, 0.15) is 24.0 Å². The van der Waals surface area contributed by atoms with E-state index >= 15 is 0 Å². The van der Waals surface area contributed by atoms with Crippen LogP contribution < -0.4 is 10.1 Å². The molecule has 2 aromatic heterocycles. The Morgan fingerprint density at radius 2 is 1.98 bits per heavy atom. The summed E-state index contributed by atoms with van der Waals surface area (Å²) in [5, 5.41) is 15.5. The molecule has 2 aromatic carbocycles. The van der Waals surface area contributed by atoms with Crippen molar-refractivity contribution in [2.24, 2.45) is 7.05 Å². The van der Waals surface area contributed by atoms with E-state index in [0.717, 1.165) is 83.5 Å². The number of benzene rings is 2. The average Bonchev–Trinajstić information content (AvgIpc) is 3.39. The van der Waals surface area contributed by atoms with Crippen LogP contribution in [0.4, 0.5) is 11.4 Å². The predicted molar refractivity (Wildman–Crippen MR) is 167 cm³/mol. The fraction of sp³-hybridized carbons (Fsp3) is 0.323. The number of imidazole rings is 1. The van der Waals surface area contributed by atoms with Gasteiger partial charge in [0, 0.05) is 73.3 Å². The van der Waals surface area contributed by atoms with Crippen LogP contribution >= 0.6 is 23.4 Å². The number of fused-ring (bicyclic) bond motifs is 1. The zero-order valence-corrected chi connectivity index (χ0v) is 25.2. The molecule has 3 heterocycles. The number of nitriles is 1. The van der Waals surface area contributed by atoms with E-state index in [9.17, 15) is 5.26 Å². The zero-order valence-electron chi connectivity index (χ0n) is 23.6. The van der Waals surface area contributed by atoms with E-state index in [0.29, 0.717) is 16.3 Å². The summed E-state index contributed by atoms with van der Waals surface area (Å²) in [5.74, 6) is 0.729. The number of aryl methyl sites for hydroxylation is 1. The quantitative estimate of drug-likeness (QED) is 0.212. The normalized spacial score (nSPS) is 14.5. The molecule has 1 aliphatic rings. The molecule has 1 saturated heterocycles. The molecule has 41 heavy (non-hydrogen) atoms. The number of hydrogen-bond donors (Lipinski definition) is 1. The van der Waals surface area contributed by atoms with Crippen LogP contribution in [0.15, 0.2) is 65.1 Å². The lowest BCUT2D eigenvalue weighted by molar-refractivity contribution is 0.153. The van der Waals surface area contributed by atoms with E-state index in [4.69, 9.17) is 16.3 Å². The average molecular weight is 588 g/mol. The Kier molecular flexibility index (Phi) is 9.47. The van der Waals surface area contributed by atoms with Gasteiger partial charge in [0.05, 0.1) is 28.9 Å². The molecule has 0 bridgehead atoms. The van der Waals surface area contributed by atoms with Crippen LogP contribution in [0.3, 0.4) is 0 Å². The topological polar surface area (TPSA) is 82.2 Å². The predicted octanol–water partition coefficient (Wildman–Crippen LogP) is 6.44. The molecule has 0 saturated carbocycles. The highest BCUT2D eigenvalue weighted by Gasteiger charge is 2.15. The van der Waals surface area contributed by atoms with Crippen molar-refractivity contribution in [3.05, 3.63) is 71.1 Å². The van der Waals surface area contributed by atoms with Crippen molar-refractivity contribution in [1.29, 1.82) is 5.26 Å². The van der Waals surface area contributed by atoms with Crippen LogP contribution in [-0.2, 0) is 7.05 Å². The molecule has 212 valence electrons. The molecule has 0 spiro atoms. The zero-order chi connectivity index (χ0) is 28.8. The first kappa shape index (κ1) is 29.0. The summed E-state index contributed by atoms with van der Waals surface area (Å²) in [6, 6.07) is 12.0. The lowest BCUT2D eigenvalue weighted by Crippen LogP contribution is -2.44. The van der Waals surface area contributed by atoms with Crippen molar-refractivity contribution < 1.29 is 4.74 Å². The Balaban J connectivity index is 1.33. The molecule has 0 atom stereocenters. The third-order valence-electron chi connectivity index (χ3n) is 7.26. The number of methoxy groups -OCH3 is 1. The molecule has 4 aromatic rings. The molecule has 1 aliphatic heterocycles. The van der Waals surface area contributed by atoms with E-state index in [1.807, 2.05) is 48.1 Å². The molecule has 0 unspecified atom stereocenters. The Morgan fingerprint density at radius 1 is 1.15 bits per heavy atom. The third-order valence-corrected chi connectivity index (χ3v) is 8.83. The van der Waals surface area contributed by atoms with Crippen LogP contribution in [0, 0.1) is 11.3 Å². The summed E-state index contributed by atoms with van der Waals surface area (Å²) in [5.41, 5.74) is 3.61. The van der Waals surface area contributed by atoms with Crippen molar-refractivity contribution in [3.63, 3.8) is 0 Å². The number of anilines is 2. The minimum atomic E-state index is 0.439. The van der Waals surface area contributed by atoms with Gasteiger partial charge in [0.2, 0.25) is 0 Å². The van der Waals surface area contributed by atoms with Crippen LogP contribution in [0.2, 0.25) is 5.02 Å². The number of nitrogens with zero attached hydrogens (tertiary/aromatic N) is 6. The smallest absolute Gasteiger partial charge is 0.172 e. The van der Waals surface area contributed by atoms with Crippen LogP contribution in [-0.4, -0.2) is 71.2 Å². The molecule has 1 fully saturated rings. The van der Waals surface area contributed by atoms with Gasteiger partial charge in [-0.05, 0) is 56.8 Å². The first-order chi connectivity index (χ1) is 19.9. The van der Waals surface area contributed by atoms with E-state index in [-0.39, 0.29) is 0 Å². The number of pyridine rings is 1. The van der Waals surface area contributed by atoms with E-state index in [1.54, 1.807) is 19.5 Å². The fourth-order valence-electron chi connectivity index (χ4n) is 4.83. The van der Waals surface area contributed by atoms with Crippen molar-refractivity contribution in [3.8, 4) is 11.8 Å². The number of likely N-dealkylation sites (N-methyl/N-ethyl adjacent to an activating group) is 1. The number of ether oxygens (including phenoxy) is 1. The van der Waals surface area contributed by atoms with Gasteiger partial charge in [-0.25, -0.2) is 4.98 Å². The summed E-state index contributed by atoms with van der Waals surface area (Å²) < 4.78 is 7.70. The second kappa shape index (κ2) is 13.4. The van der Waals surface area contributed by atoms with Gasteiger partial charge in [0.1, 0.15) is 11.8 Å². The van der Waals surface area contributed by atoms with Crippen LogP contribution in [0.5, 0.6) is 5.75 Å². The number of rotatable bonds is 10. The van der Waals surface area contributed by atoms with Gasteiger partial charge >= 0.3 is 0 Å². The minimum Gasteiger partial charge on any atom is -0.496 e. The third kappa shape index (κ3) is 7.03. The molecule has 5 rings (SSSR count). The maximum Gasteiger partial charge on any atom is 0.172 e. The second-order valence-corrected chi connectivity index (χ2v) is 11.6. The lowest BCUT2D eigenvalue weighted by Gasteiger charge is -2.32. The maximum absolute atomic E-state index is 9.86. The SMILES string of the molecule is COc1cc2c(Nc3ccc(Sc4nccn4C)c(Cl)c3)c(C#N)cnc2cc1C=CCCCN1CCN(C)CC1. The van der Waals surface area contributed by atoms with Gasteiger partial charge in [0.15, 0.2) is 5.16 Å². The Morgan fingerprint density at radius 3 is 2.68 bits per heavy atom. The fourth-order valence-corrected chi connectivity index (χ4v) is 5.93. The van der Waals surface area contributed by atoms with E-state index in [1.165, 1.54) is 11.8 Å². The minimum absolute atomic E-state index is 0.439. The van der Waals surface area contributed by atoms with Gasteiger partial charge in [-0.3, -0.25) is 4.98 Å². The number of allylic oxidation sites excluding steroid dienone is 1.